The predicted octanol–water partition coefficient (Wildman–Crippen LogP) is 1.68. The second-order valence-electron chi connectivity index (χ2n) is 1.54. The Labute approximate surface area is 56.0 Å². The van der Waals surface area contributed by atoms with Gasteiger partial charge in [-0.05, 0) is 13.8 Å². The van der Waals surface area contributed by atoms with E-state index in [2.05, 4.69) is 16.6 Å². The highest BCUT2D eigenvalue weighted by Crippen LogP contribution is 1.77. The summed E-state index contributed by atoms with van der Waals surface area (Å²) in [5.41, 5.74) is 0. The van der Waals surface area contributed by atoms with Crippen molar-refractivity contribution in [1.29, 1.82) is 0 Å². The van der Waals surface area contributed by atoms with Crippen LogP contribution >= 0.6 is 0 Å². The Balaban J connectivity index is 3.74. The number of hydrogen-bond acceptors (Lipinski definition) is 1. The summed E-state index contributed by atoms with van der Waals surface area (Å²) >= 11 is 0. The Morgan fingerprint density at radius 1 is 1.67 bits per heavy atom. The van der Waals surface area contributed by atoms with Crippen molar-refractivity contribution in [2.24, 2.45) is 9.98 Å². The lowest BCUT2D eigenvalue weighted by Crippen LogP contribution is -1.85. The normalized spacial score (nSPS) is 12.4. The standard InChI is InChI=1S/C7H12N2/c1-4-6-9-7(3)8-5-2/h4,6H,1,5H2,2-3H3. The Morgan fingerprint density at radius 3 is 2.78 bits per heavy atom. The second-order valence-corrected chi connectivity index (χ2v) is 1.54. The Hall–Kier alpha value is -0.920. The molecular formula is C7H12N2. The van der Waals surface area contributed by atoms with E-state index in [0.717, 1.165) is 12.4 Å². The van der Waals surface area contributed by atoms with E-state index >= 15 is 0 Å². The number of amidine groups is 1. The molecule has 0 aliphatic rings. The summed E-state index contributed by atoms with van der Waals surface area (Å²) in [6.45, 7) is 8.12. The summed E-state index contributed by atoms with van der Waals surface area (Å²) in [6.07, 6.45) is 3.27. The molecule has 0 saturated carbocycles. The summed E-state index contributed by atoms with van der Waals surface area (Å²) in [4.78, 5) is 7.97. The fourth-order valence-corrected chi connectivity index (χ4v) is 0.430. The Kier molecular flexibility index (Phi) is 4.69. The predicted molar refractivity (Wildman–Crippen MR) is 42.3 cm³/mol. The second kappa shape index (κ2) is 5.22. The van der Waals surface area contributed by atoms with Crippen LogP contribution in [0.3, 0.4) is 0 Å². The molecule has 0 aliphatic carbocycles. The molecule has 0 amide bonds. The highest BCUT2D eigenvalue weighted by molar-refractivity contribution is 5.90. The van der Waals surface area contributed by atoms with Crippen LogP contribution < -0.4 is 0 Å². The van der Waals surface area contributed by atoms with Crippen LogP contribution in [0.15, 0.2) is 22.6 Å². The molecule has 0 bridgehead atoms. The maximum Gasteiger partial charge on any atom is 0.120 e. The molecule has 50 valence electrons. The molecule has 0 rings (SSSR count). The molecule has 0 aromatic heterocycles. The van der Waals surface area contributed by atoms with Crippen molar-refractivity contribution in [2.75, 3.05) is 6.54 Å². The zero-order valence-electron chi connectivity index (χ0n) is 5.96. The Bertz CT molecular complexity index is 134. The molecule has 9 heavy (non-hydrogen) atoms. The fourth-order valence-electron chi connectivity index (χ4n) is 0.430. The molecule has 0 aromatic carbocycles. The molecule has 0 spiro atoms. The SMILES string of the molecule is C=CC=NC(C)=NCC. The number of aliphatic imine (C=N–C) groups is 2. The average Bonchev–Trinajstić information content (AvgIpc) is 1.85. The van der Waals surface area contributed by atoms with Crippen LogP contribution in [0.1, 0.15) is 13.8 Å². The third kappa shape index (κ3) is 4.94. The molecule has 0 heterocycles. The summed E-state index contributed by atoms with van der Waals surface area (Å²) < 4.78 is 0. The van der Waals surface area contributed by atoms with Gasteiger partial charge in [0, 0.05) is 12.8 Å². The summed E-state index contributed by atoms with van der Waals surface area (Å²) in [7, 11) is 0. The van der Waals surface area contributed by atoms with E-state index in [1.807, 2.05) is 13.8 Å². The van der Waals surface area contributed by atoms with Gasteiger partial charge in [0.15, 0.2) is 0 Å². The first-order valence-corrected chi connectivity index (χ1v) is 2.97. The topological polar surface area (TPSA) is 24.7 Å². The highest BCUT2D eigenvalue weighted by Gasteiger charge is 1.76. The maximum atomic E-state index is 4.03. The molecule has 0 saturated heterocycles. The van der Waals surface area contributed by atoms with Crippen molar-refractivity contribution in [3.8, 4) is 0 Å². The molecule has 0 radical (unpaired) electrons. The van der Waals surface area contributed by atoms with Gasteiger partial charge in [0.1, 0.15) is 5.84 Å². The molecule has 0 aliphatic heterocycles. The smallest absolute Gasteiger partial charge is 0.120 e. The fraction of sp³-hybridized carbons (Fsp3) is 0.429. The van der Waals surface area contributed by atoms with Gasteiger partial charge in [0.05, 0.1) is 0 Å². The van der Waals surface area contributed by atoms with Gasteiger partial charge in [-0.15, -0.1) is 0 Å². The number of nitrogens with zero attached hydrogens (tertiary/aromatic N) is 2. The quantitative estimate of drug-likeness (QED) is 0.395. The molecule has 2 nitrogen and oxygen atoms in total. The van der Waals surface area contributed by atoms with Crippen molar-refractivity contribution in [1.82, 2.24) is 0 Å². The van der Waals surface area contributed by atoms with Crippen LogP contribution in [0.5, 0.6) is 0 Å². The first-order chi connectivity index (χ1) is 4.31. The lowest BCUT2D eigenvalue weighted by Gasteiger charge is -1.85. The highest BCUT2D eigenvalue weighted by atomic mass is 14.9. The molecule has 0 N–H and O–H groups in total. The van der Waals surface area contributed by atoms with Gasteiger partial charge >= 0.3 is 0 Å². The van der Waals surface area contributed by atoms with Crippen LogP contribution in [0.2, 0.25) is 0 Å². The molecule has 0 unspecified atom stereocenters. The minimum Gasteiger partial charge on any atom is -0.271 e. The molecule has 0 aromatic rings. The summed E-state index contributed by atoms with van der Waals surface area (Å²) in [5.74, 6) is 0.803. The molecule has 2 heteroatoms. The van der Waals surface area contributed by atoms with E-state index in [1.54, 1.807) is 12.3 Å². The minimum absolute atomic E-state index is 0.792. The van der Waals surface area contributed by atoms with E-state index < -0.39 is 0 Å². The van der Waals surface area contributed by atoms with Gasteiger partial charge in [-0.1, -0.05) is 12.7 Å². The van der Waals surface area contributed by atoms with Crippen molar-refractivity contribution in [3.63, 3.8) is 0 Å². The largest absolute Gasteiger partial charge is 0.271 e. The monoisotopic (exact) mass is 124 g/mol. The van der Waals surface area contributed by atoms with Crippen LogP contribution in [0.4, 0.5) is 0 Å². The third-order valence-corrected chi connectivity index (χ3v) is 0.754. The van der Waals surface area contributed by atoms with Crippen molar-refractivity contribution < 1.29 is 0 Å². The van der Waals surface area contributed by atoms with E-state index in [-0.39, 0.29) is 0 Å². The van der Waals surface area contributed by atoms with E-state index in [0.29, 0.717) is 0 Å². The molecule has 0 atom stereocenters. The minimum atomic E-state index is 0.792. The zero-order chi connectivity index (χ0) is 7.11. The number of allylic oxidation sites excluding steroid dienone is 1. The lowest BCUT2D eigenvalue weighted by molar-refractivity contribution is 1.12. The maximum absolute atomic E-state index is 4.03. The van der Waals surface area contributed by atoms with Crippen molar-refractivity contribution >= 4 is 12.1 Å². The van der Waals surface area contributed by atoms with Gasteiger partial charge in [-0.2, -0.15) is 0 Å². The zero-order valence-corrected chi connectivity index (χ0v) is 5.96. The summed E-state index contributed by atoms with van der Waals surface area (Å²) in [5, 5.41) is 0. The lowest BCUT2D eigenvalue weighted by atomic mass is 10.6. The van der Waals surface area contributed by atoms with E-state index in [4.69, 9.17) is 0 Å². The van der Waals surface area contributed by atoms with Gasteiger partial charge in [0.25, 0.3) is 0 Å². The van der Waals surface area contributed by atoms with E-state index in [9.17, 15) is 0 Å². The first-order valence-electron chi connectivity index (χ1n) is 2.97. The van der Waals surface area contributed by atoms with Crippen molar-refractivity contribution in [2.45, 2.75) is 13.8 Å². The number of hydrogen-bond donors (Lipinski definition) is 0. The van der Waals surface area contributed by atoms with Crippen molar-refractivity contribution in [3.05, 3.63) is 12.7 Å². The summed E-state index contributed by atoms with van der Waals surface area (Å²) in [6, 6.07) is 0. The van der Waals surface area contributed by atoms with Crippen LogP contribution in [0.25, 0.3) is 0 Å². The molecule has 0 fully saturated rings. The van der Waals surface area contributed by atoms with Gasteiger partial charge in [-0.25, -0.2) is 4.99 Å². The first kappa shape index (κ1) is 8.08. The van der Waals surface area contributed by atoms with Gasteiger partial charge in [-0.3, -0.25) is 4.99 Å². The van der Waals surface area contributed by atoms with Gasteiger partial charge in [0.2, 0.25) is 0 Å². The van der Waals surface area contributed by atoms with Gasteiger partial charge < -0.3 is 0 Å². The molecular weight excluding hydrogens is 112 g/mol. The van der Waals surface area contributed by atoms with Crippen LogP contribution in [-0.2, 0) is 0 Å². The van der Waals surface area contributed by atoms with E-state index in [1.165, 1.54) is 0 Å². The number of rotatable bonds is 2. The third-order valence-electron chi connectivity index (χ3n) is 0.754. The van der Waals surface area contributed by atoms with Crippen LogP contribution in [0, 0.1) is 0 Å². The van der Waals surface area contributed by atoms with Crippen LogP contribution in [-0.4, -0.2) is 18.6 Å². The average molecular weight is 124 g/mol. The Morgan fingerprint density at radius 2 is 2.33 bits per heavy atom.